The maximum Gasteiger partial charge on any atom is 0.280 e. The van der Waals surface area contributed by atoms with Gasteiger partial charge in [0.1, 0.15) is 0 Å². The minimum atomic E-state index is -0.240. The largest absolute Gasteiger partial charge is 0.295 e. The highest BCUT2D eigenvalue weighted by molar-refractivity contribution is 6.32. The van der Waals surface area contributed by atoms with E-state index in [9.17, 15) is 9.59 Å². The Kier molecular flexibility index (Phi) is 4.78. The van der Waals surface area contributed by atoms with E-state index in [1.54, 1.807) is 13.0 Å². The summed E-state index contributed by atoms with van der Waals surface area (Å²) in [5.41, 5.74) is 6.64. The molecule has 0 atom stereocenters. The monoisotopic (exact) mass is 400 g/mol. The van der Waals surface area contributed by atoms with Gasteiger partial charge in [0.05, 0.1) is 28.2 Å². The van der Waals surface area contributed by atoms with Crippen molar-refractivity contribution >= 4 is 23.4 Å². The number of nitrogens with one attached hydrogen (secondary N) is 1. The Morgan fingerprint density at radius 2 is 1.67 bits per heavy atom. The van der Waals surface area contributed by atoms with Gasteiger partial charge >= 0.3 is 0 Å². The summed E-state index contributed by atoms with van der Waals surface area (Å²) in [4.78, 5) is 26.2. The van der Waals surface area contributed by atoms with Crippen LogP contribution < -0.4 is 10.6 Å². The quantitative estimate of drug-likeness (QED) is 0.669. The van der Waals surface area contributed by atoms with Crippen molar-refractivity contribution in [2.24, 2.45) is 5.10 Å². The first-order valence-corrected chi connectivity index (χ1v) is 9.84. The second-order valence-electron chi connectivity index (χ2n) is 7.78. The summed E-state index contributed by atoms with van der Waals surface area (Å²) in [6, 6.07) is 13.5. The third-order valence-electron chi connectivity index (χ3n) is 5.31. The molecule has 0 saturated carbocycles. The molecule has 30 heavy (non-hydrogen) atoms. The zero-order chi connectivity index (χ0) is 21.6. The van der Waals surface area contributed by atoms with Gasteiger partial charge in [0.25, 0.3) is 11.5 Å². The lowest BCUT2D eigenvalue weighted by atomic mass is 10.1. The van der Waals surface area contributed by atoms with Crippen molar-refractivity contribution in [1.29, 1.82) is 0 Å². The summed E-state index contributed by atoms with van der Waals surface area (Å²) in [5.74, 6) is -0.240. The molecule has 0 saturated heterocycles. The molecule has 1 aliphatic heterocycles. The lowest BCUT2D eigenvalue weighted by Gasteiger charge is -2.12. The summed E-state index contributed by atoms with van der Waals surface area (Å²) in [6.45, 7) is 9.57. The Hall–Kier alpha value is -3.67. The molecule has 0 fully saturated rings. The Morgan fingerprint density at radius 1 is 0.933 bits per heavy atom. The Bertz CT molecular complexity index is 1290. The predicted molar refractivity (Wildman–Crippen MR) is 120 cm³/mol. The average molecular weight is 400 g/mol. The second kappa shape index (κ2) is 7.30. The van der Waals surface area contributed by atoms with E-state index in [1.165, 1.54) is 9.69 Å². The molecule has 152 valence electrons. The van der Waals surface area contributed by atoms with Crippen LogP contribution in [0.25, 0.3) is 11.8 Å². The van der Waals surface area contributed by atoms with E-state index >= 15 is 0 Å². The van der Waals surface area contributed by atoms with E-state index in [0.717, 1.165) is 22.4 Å². The number of carbonyl (C=O) groups is 1. The Labute approximate surface area is 175 Å². The van der Waals surface area contributed by atoms with Crippen LogP contribution in [0.15, 0.2) is 57.9 Å². The fourth-order valence-corrected chi connectivity index (χ4v) is 3.72. The van der Waals surface area contributed by atoms with Crippen LogP contribution in [0, 0.1) is 27.7 Å². The fourth-order valence-electron chi connectivity index (χ4n) is 3.72. The second-order valence-corrected chi connectivity index (χ2v) is 7.78. The van der Waals surface area contributed by atoms with E-state index in [0.29, 0.717) is 28.2 Å². The normalized spacial score (nSPS) is 15.2. The molecule has 3 aromatic rings. The van der Waals surface area contributed by atoms with Crippen LogP contribution in [0.4, 0.5) is 5.69 Å². The van der Waals surface area contributed by atoms with Gasteiger partial charge in [-0.15, -0.1) is 0 Å². The number of hydrogen-bond donors (Lipinski definition) is 1. The number of carbonyl (C=O) groups excluding carboxylic acids is 1. The molecule has 1 aromatic heterocycles. The maximum atomic E-state index is 13.1. The molecule has 4 rings (SSSR count). The molecule has 6 nitrogen and oxygen atoms in total. The summed E-state index contributed by atoms with van der Waals surface area (Å²) >= 11 is 0. The van der Waals surface area contributed by atoms with Gasteiger partial charge in [-0.1, -0.05) is 29.8 Å². The number of aromatic nitrogens is 2. The van der Waals surface area contributed by atoms with Crippen LogP contribution in [0.5, 0.6) is 0 Å². The first-order valence-electron chi connectivity index (χ1n) is 9.84. The van der Waals surface area contributed by atoms with Crippen molar-refractivity contribution in [3.05, 3.63) is 86.3 Å². The molecule has 0 spiro atoms. The standard InChI is InChI=1S/C24H24N4O2/c1-14-7-6-8-19(12-14)27-23(29)20(17(4)25-27)13-21-18(5)26-28(24(21)30)22-10-9-15(2)11-16(22)3/h6-13,26H,1-5H3/b20-13+. The third kappa shape index (κ3) is 3.30. The van der Waals surface area contributed by atoms with Gasteiger partial charge < -0.3 is 0 Å². The smallest absolute Gasteiger partial charge is 0.280 e. The number of aromatic amines is 1. The molecule has 1 N–H and O–H groups in total. The molecule has 0 unspecified atom stereocenters. The lowest BCUT2D eigenvalue weighted by molar-refractivity contribution is -0.114. The molecule has 0 radical (unpaired) electrons. The van der Waals surface area contributed by atoms with Crippen molar-refractivity contribution in [1.82, 2.24) is 9.78 Å². The molecule has 2 heterocycles. The van der Waals surface area contributed by atoms with E-state index in [1.807, 2.05) is 70.2 Å². The number of aryl methyl sites for hydroxylation is 4. The van der Waals surface area contributed by atoms with E-state index in [4.69, 9.17) is 0 Å². The van der Waals surface area contributed by atoms with Crippen LogP contribution >= 0.6 is 0 Å². The minimum Gasteiger partial charge on any atom is -0.295 e. The van der Waals surface area contributed by atoms with Crippen molar-refractivity contribution in [2.45, 2.75) is 34.6 Å². The van der Waals surface area contributed by atoms with Gasteiger partial charge in [0, 0.05) is 5.69 Å². The van der Waals surface area contributed by atoms with Crippen LogP contribution in [0.1, 0.15) is 34.9 Å². The predicted octanol–water partition coefficient (Wildman–Crippen LogP) is 4.21. The number of nitrogens with zero attached hydrogens (tertiary/aromatic N) is 3. The molecule has 1 aliphatic rings. The fraction of sp³-hybridized carbons (Fsp3) is 0.208. The van der Waals surface area contributed by atoms with Crippen molar-refractivity contribution in [3.8, 4) is 5.69 Å². The zero-order valence-electron chi connectivity index (χ0n) is 17.8. The number of anilines is 1. The summed E-state index contributed by atoms with van der Waals surface area (Å²) in [5, 5.41) is 8.95. The first kappa shape index (κ1) is 19.6. The molecule has 1 amide bonds. The highest BCUT2D eigenvalue weighted by atomic mass is 16.2. The molecule has 6 heteroatoms. The number of benzene rings is 2. The Morgan fingerprint density at radius 3 is 2.37 bits per heavy atom. The van der Waals surface area contributed by atoms with Crippen LogP contribution in [-0.4, -0.2) is 21.4 Å². The topological polar surface area (TPSA) is 70.5 Å². The van der Waals surface area contributed by atoms with Gasteiger partial charge in [-0.3, -0.25) is 14.7 Å². The molecular formula is C24H24N4O2. The van der Waals surface area contributed by atoms with Gasteiger partial charge in [0.15, 0.2) is 0 Å². The van der Waals surface area contributed by atoms with Gasteiger partial charge in [-0.05, 0) is 70.0 Å². The van der Waals surface area contributed by atoms with Gasteiger partial charge in [-0.2, -0.15) is 10.1 Å². The molecule has 2 aromatic carbocycles. The number of amides is 1. The Balaban J connectivity index is 1.76. The van der Waals surface area contributed by atoms with Gasteiger partial charge in [0.2, 0.25) is 0 Å². The highest BCUT2D eigenvalue weighted by Crippen LogP contribution is 2.26. The van der Waals surface area contributed by atoms with Crippen LogP contribution in [-0.2, 0) is 4.79 Å². The summed E-state index contributed by atoms with van der Waals surface area (Å²) in [7, 11) is 0. The lowest BCUT2D eigenvalue weighted by Crippen LogP contribution is -2.22. The zero-order valence-corrected chi connectivity index (χ0v) is 17.8. The summed E-state index contributed by atoms with van der Waals surface area (Å²) < 4.78 is 1.53. The SMILES string of the molecule is CC1=NN(c2cccc(C)c2)C(=O)/C1=C/c1c(C)[nH]n(-c2ccc(C)cc2C)c1=O. The number of hydrazone groups is 1. The summed E-state index contributed by atoms with van der Waals surface area (Å²) in [6.07, 6.45) is 1.64. The number of H-pyrrole nitrogens is 1. The maximum absolute atomic E-state index is 13.1. The van der Waals surface area contributed by atoms with E-state index in [-0.39, 0.29) is 11.5 Å². The van der Waals surface area contributed by atoms with Crippen LogP contribution in [0.2, 0.25) is 0 Å². The van der Waals surface area contributed by atoms with Crippen molar-refractivity contribution < 1.29 is 4.79 Å². The molecule has 0 aliphatic carbocycles. The van der Waals surface area contributed by atoms with Crippen molar-refractivity contribution in [2.75, 3.05) is 5.01 Å². The number of hydrogen-bond acceptors (Lipinski definition) is 3. The number of rotatable bonds is 3. The van der Waals surface area contributed by atoms with Crippen LogP contribution in [0.3, 0.4) is 0 Å². The van der Waals surface area contributed by atoms with Crippen molar-refractivity contribution in [3.63, 3.8) is 0 Å². The third-order valence-corrected chi connectivity index (χ3v) is 5.31. The molecular weight excluding hydrogens is 376 g/mol. The highest BCUT2D eigenvalue weighted by Gasteiger charge is 2.29. The minimum absolute atomic E-state index is 0.193. The van der Waals surface area contributed by atoms with Gasteiger partial charge in [-0.25, -0.2) is 4.68 Å². The average Bonchev–Trinajstić information content (AvgIpc) is 3.13. The molecule has 0 bridgehead atoms. The first-order chi connectivity index (χ1) is 14.3. The van der Waals surface area contributed by atoms with E-state index < -0.39 is 0 Å². The van der Waals surface area contributed by atoms with E-state index in [2.05, 4.69) is 10.2 Å².